The molecule has 0 aromatic carbocycles. The summed E-state index contributed by atoms with van der Waals surface area (Å²) in [6, 6.07) is 1.87. The van der Waals surface area contributed by atoms with Gasteiger partial charge in [0.15, 0.2) is 6.29 Å². The number of anilines is 1. The van der Waals surface area contributed by atoms with E-state index < -0.39 is 6.29 Å². The molecule has 2 atom stereocenters. The lowest BCUT2D eigenvalue weighted by Gasteiger charge is -2.33. The highest BCUT2D eigenvalue weighted by atomic mass is 16.5. The van der Waals surface area contributed by atoms with Gasteiger partial charge in [0, 0.05) is 24.8 Å². The molecule has 1 aliphatic rings. The number of nitrogens with one attached hydrogen (secondary N) is 1. The molecule has 6 nitrogen and oxygen atoms in total. The number of rotatable bonds is 14. The van der Waals surface area contributed by atoms with E-state index in [-0.39, 0.29) is 6.04 Å². The molecule has 2 rings (SSSR count). The number of hydrogen-bond acceptors (Lipinski definition) is 6. The molecule has 2 unspecified atom stereocenters. The number of unbranched alkanes of at least 4 members (excludes halogenated alkanes) is 2. The summed E-state index contributed by atoms with van der Waals surface area (Å²) in [4.78, 5) is 6.38. The molecule has 31 heavy (non-hydrogen) atoms. The molecular weight excluding hydrogens is 390 g/mol. The lowest BCUT2D eigenvalue weighted by Crippen LogP contribution is -2.40. The van der Waals surface area contributed by atoms with Crippen molar-refractivity contribution < 1.29 is 14.9 Å². The first-order valence-corrected chi connectivity index (χ1v) is 11.1. The summed E-state index contributed by atoms with van der Waals surface area (Å²) < 4.78 is 5.60. The summed E-state index contributed by atoms with van der Waals surface area (Å²) >= 11 is 0. The van der Waals surface area contributed by atoms with Crippen LogP contribution >= 0.6 is 0 Å². The van der Waals surface area contributed by atoms with Crippen LogP contribution in [0.2, 0.25) is 0 Å². The number of nitrogens with zero attached hydrogens (tertiary/aromatic N) is 2. The van der Waals surface area contributed by atoms with Gasteiger partial charge in [-0.1, -0.05) is 49.8 Å². The summed E-state index contributed by atoms with van der Waals surface area (Å²) in [6.45, 7) is 10.8. The molecule has 1 aliphatic heterocycles. The Balaban J connectivity index is 1.74. The smallest absolute Gasteiger partial charge is 0.180 e. The second-order valence-electron chi connectivity index (χ2n) is 7.74. The standard InChI is InChI=1S/C25H37N3O3/c1-3-5-11-22-20-31-18-17-28(22)16-13-21(9-4-2)10-7-6-8-14-27-24-19-26-15-12-23(24)25(29)30/h3-5,11-13,15-16,19,21-22,25,27,29-30H,1-2,6-10,14,17-18,20H2/b11-5-,16-13+. The van der Waals surface area contributed by atoms with Crippen LogP contribution in [0.15, 0.2) is 68.2 Å². The summed E-state index contributed by atoms with van der Waals surface area (Å²) in [7, 11) is 0. The third-order valence-corrected chi connectivity index (χ3v) is 5.40. The molecule has 0 spiro atoms. The molecule has 0 amide bonds. The number of pyridine rings is 1. The Morgan fingerprint density at radius 2 is 2.16 bits per heavy atom. The minimum Gasteiger partial charge on any atom is -0.383 e. The van der Waals surface area contributed by atoms with E-state index in [1.54, 1.807) is 24.5 Å². The fourth-order valence-corrected chi connectivity index (χ4v) is 3.64. The molecule has 2 heterocycles. The monoisotopic (exact) mass is 427 g/mol. The van der Waals surface area contributed by atoms with E-state index in [0.29, 0.717) is 23.8 Å². The number of ether oxygens (including phenoxy) is 1. The Labute approximate surface area is 186 Å². The van der Waals surface area contributed by atoms with Crippen LogP contribution in [-0.2, 0) is 4.74 Å². The van der Waals surface area contributed by atoms with Crippen LogP contribution in [0.4, 0.5) is 5.69 Å². The highest BCUT2D eigenvalue weighted by molar-refractivity contribution is 5.49. The molecule has 0 bridgehead atoms. The zero-order chi connectivity index (χ0) is 22.3. The number of morpholine rings is 1. The lowest BCUT2D eigenvalue weighted by molar-refractivity contribution is -0.0419. The number of hydrogen-bond donors (Lipinski definition) is 3. The van der Waals surface area contributed by atoms with Gasteiger partial charge in [-0.15, -0.1) is 6.58 Å². The van der Waals surface area contributed by atoms with E-state index in [1.165, 1.54) is 0 Å². The van der Waals surface area contributed by atoms with Crippen molar-refractivity contribution in [2.24, 2.45) is 5.92 Å². The highest BCUT2D eigenvalue weighted by Gasteiger charge is 2.17. The van der Waals surface area contributed by atoms with Crippen LogP contribution < -0.4 is 5.32 Å². The molecule has 0 saturated carbocycles. The number of aromatic nitrogens is 1. The quantitative estimate of drug-likeness (QED) is 0.179. The summed E-state index contributed by atoms with van der Waals surface area (Å²) in [5.41, 5.74) is 1.13. The predicted molar refractivity (Wildman–Crippen MR) is 126 cm³/mol. The van der Waals surface area contributed by atoms with Crippen LogP contribution in [0.5, 0.6) is 0 Å². The summed E-state index contributed by atoms with van der Waals surface area (Å²) in [5.74, 6) is 0.479. The fourth-order valence-electron chi connectivity index (χ4n) is 3.64. The van der Waals surface area contributed by atoms with Gasteiger partial charge in [0.05, 0.1) is 31.1 Å². The van der Waals surface area contributed by atoms with Crippen molar-refractivity contribution in [3.05, 3.63) is 73.8 Å². The number of aliphatic hydroxyl groups is 2. The second kappa shape index (κ2) is 14.6. The van der Waals surface area contributed by atoms with Gasteiger partial charge < -0.3 is 25.2 Å². The van der Waals surface area contributed by atoms with Crippen LogP contribution in [0.1, 0.15) is 44.0 Å². The van der Waals surface area contributed by atoms with E-state index in [0.717, 1.165) is 51.8 Å². The predicted octanol–water partition coefficient (Wildman–Crippen LogP) is 4.19. The number of allylic oxidation sites excluding steroid dienone is 4. The highest BCUT2D eigenvalue weighted by Crippen LogP contribution is 2.21. The van der Waals surface area contributed by atoms with E-state index in [4.69, 9.17) is 4.74 Å². The van der Waals surface area contributed by atoms with Gasteiger partial charge in [0.25, 0.3) is 0 Å². The molecule has 3 N–H and O–H groups in total. The minimum absolute atomic E-state index is 0.258. The van der Waals surface area contributed by atoms with Crippen LogP contribution in [-0.4, -0.2) is 52.4 Å². The average molecular weight is 428 g/mol. The van der Waals surface area contributed by atoms with Gasteiger partial charge in [-0.05, 0) is 37.4 Å². The largest absolute Gasteiger partial charge is 0.383 e. The van der Waals surface area contributed by atoms with E-state index >= 15 is 0 Å². The summed E-state index contributed by atoms with van der Waals surface area (Å²) in [5, 5.41) is 22.1. The third-order valence-electron chi connectivity index (χ3n) is 5.40. The first-order chi connectivity index (χ1) is 15.2. The van der Waals surface area contributed by atoms with Crippen LogP contribution in [0, 0.1) is 5.92 Å². The maximum Gasteiger partial charge on any atom is 0.180 e. The van der Waals surface area contributed by atoms with Gasteiger partial charge >= 0.3 is 0 Å². The Morgan fingerprint density at radius 1 is 1.29 bits per heavy atom. The lowest BCUT2D eigenvalue weighted by atomic mass is 9.97. The van der Waals surface area contributed by atoms with Crippen molar-refractivity contribution in [2.75, 3.05) is 31.6 Å². The Kier molecular flexibility index (Phi) is 11.7. The minimum atomic E-state index is -1.49. The van der Waals surface area contributed by atoms with Crippen LogP contribution in [0.3, 0.4) is 0 Å². The van der Waals surface area contributed by atoms with E-state index in [1.807, 2.05) is 12.2 Å². The first-order valence-electron chi connectivity index (χ1n) is 11.1. The van der Waals surface area contributed by atoms with Crippen molar-refractivity contribution in [3.63, 3.8) is 0 Å². The molecule has 1 fully saturated rings. The Morgan fingerprint density at radius 3 is 2.94 bits per heavy atom. The number of aliphatic hydroxyl groups excluding tert-OH is 1. The first kappa shape index (κ1) is 24.9. The summed E-state index contributed by atoms with van der Waals surface area (Å²) in [6.07, 6.45) is 19.5. The van der Waals surface area contributed by atoms with Crippen molar-refractivity contribution in [1.82, 2.24) is 9.88 Å². The van der Waals surface area contributed by atoms with Gasteiger partial charge in [0.1, 0.15) is 0 Å². The van der Waals surface area contributed by atoms with Crippen molar-refractivity contribution in [3.8, 4) is 0 Å². The van der Waals surface area contributed by atoms with Crippen molar-refractivity contribution in [1.29, 1.82) is 0 Å². The molecule has 0 aliphatic carbocycles. The maximum absolute atomic E-state index is 9.42. The molecular formula is C25H37N3O3. The topological polar surface area (TPSA) is 77.9 Å². The molecule has 1 saturated heterocycles. The molecule has 0 radical (unpaired) electrons. The van der Waals surface area contributed by atoms with Crippen LogP contribution in [0.25, 0.3) is 0 Å². The zero-order valence-electron chi connectivity index (χ0n) is 18.4. The van der Waals surface area contributed by atoms with Gasteiger partial charge in [-0.2, -0.15) is 0 Å². The zero-order valence-corrected chi connectivity index (χ0v) is 18.4. The normalized spacial score (nSPS) is 18.0. The molecule has 6 heteroatoms. The van der Waals surface area contributed by atoms with Gasteiger partial charge in [-0.3, -0.25) is 4.98 Å². The Hall–Kier alpha value is -2.41. The van der Waals surface area contributed by atoms with Gasteiger partial charge in [-0.25, -0.2) is 0 Å². The second-order valence-corrected chi connectivity index (χ2v) is 7.74. The van der Waals surface area contributed by atoms with Crippen molar-refractivity contribution in [2.45, 2.75) is 44.4 Å². The average Bonchev–Trinajstić information content (AvgIpc) is 2.78. The molecule has 170 valence electrons. The molecule has 1 aromatic rings. The SMILES string of the molecule is C=C/C=C\C1COCCN1/C=C/C(CC=C)CCCCCNc1cnccc1C(O)O. The third kappa shape index (κ3) is 9.09. The van der Waals surface area contributed by atoms with E-state index in [9.17, 15) is 10.2 Å². The fraction of sp³-hybridized carbons (Fsp3) is 0.480. The molecule has 1 aromatic heterocycles. The van der Waals surface area contributed by atoms with Crippen molar-refractivity contribution >= 4 is 5.69 Å². The maximum atomic E-state index is 9.42. The Bertz CT molecular complexity index is 718. The van der Waals surface area contributed by atoms with E-state index in [2.05, 4.69) is 46.7 Å². The van der Waals surface area contributed by atoms with Gasteiger partial charge in [0.2, 0.25) is 0 Å².